The van der Waals surface area contributed by atoms with Crippen molar-refractivity contribution in [1.82, 2.24) is 5.32 Å². The van der Waals surface area contributed by atoms with Crippen molar-refractivity contribution in [3.8, 4) is 5.75 Å². The van der Waals surface area contributed by atoms with Crippen LogP contribution in [0.1, 0.15) is 26.7 Å². The molecule has 2 amide bonds. The Hall–Kier alpha value is -2.57. The Morgan fingerprint density at radius 1 is 1.21 bits per heavy atom. The van der Waals surface area contributed by atoms with Gasteiger partial charge in [0.25, 0.3) is 0 Å². The number of hydrogen-bond acceptors (Lipinski definition) is 4. The molecular weight excluding hydrogens is 312 g/mol. The lowest BCUT2D eigenvalue weighted by Crippen LogP contribution is -2.38. The van der Waals surface area contributed by atoms with Gasteiger partial charge in [-0.2, -0.15) is 0 Å². The van der Waals surface area contributed by atoms with Crippen molar-refractivity contribution in [2.75, 3.05) is 25.1 Å². The lowest BCUT2D eigenvalue weighted by molar-refractivity contribution is -0.139. The number of nitrogens with one attached hydrogen (secondary N) is 1. The second-order valence-electron chi connectivity index (χ2n) is 5.84. The number of carboxylic acids is 1. The van der Waals surface area contributed by atoms with Crippen LogP contribution in [0.3, 0.4) is 0 Å². The summed E-state index contributed by atoms with van der Waals surface area (Å²) in [6, 6.07) is 6.47. The number of anilines is 1. The molecule has 0 spiro atoms. The summed E-state index contributed by atoms with van der Waals surface area (Å²) in [5, 5.41) is 11.2. The van der Waals surface area contributed by atoms with Gasteiger partial charge < -0.3 is 20.1 Å². The number of likely N-dealkylation sites (N-methyl/N-ethyl adjacent to an activating group) is 1. The fraction of sp³-hybridized carbons (Fsp3) is 0.471. The number of benzene rings is 1. The van der Waals surface area contributed by atoms with Gasteiger partial charge >= 0.3 is 5.97 Å². The number of carbonyl (C=O) groups is 3. The first-order valence-electron chi connectivity index (χ1n) is 7.77. The van der Waals surface area contributed by atoms with Crippen molar-refractivity contribution in [2.45, 2.75) is 26.7 Å². The average molecular weight is 336 g/mol. The van der Waals surface area contributed by atoms with Gasteiger partial charge in [-0.05, 0) is 36.6 Å². The Labute approximate surface area is 141 Å². The minimum atomic E-state index is -1.06. The Balaban J connectivity index is 2.47. The SMILES string of the molecule is CC(C)CCC(=O)NCC(=O)N(C)c1ccc(OCC(=O)O)cc1. The van der Waals surface area contributed by atoms with Crippen molar-refractivity contribution >= 4 is 23.5 Å². The first kappa shape index (κ1) is 19.5. The van der Waals surface area contributed by atoms with E-state index in [4.69, 9.17) is 9.84 Å². The maximum absolute atomic E-state index is 12.1. The third-order valence-corrected chi connectivity index (χ3v) is 3.35. The first-order valence-corrected chi connectivity index (χ1v) is 7.77. The number of rotatable bonds is 9. The molecule has 0 saturated heterocycles. The average Bonchev–Trinajstić information content (AvgIpc) is 2.55. The van der Waals surface area contributed by atoms with Gasteiger partial charge in [-0.25, -0.2) is 4.79 Å². The molecular formula is C17H24N2O5. The van der Waals surface area contributed by atoms with Crippen LogP contribution in [0.2, 0.25) is 0 Å². The maximum Gasteiger partial charge on any atom is 0.341 e. The smallest absolute Gasteiger partial charge is 0.341 e. The molecule has 0 unspecified atom stereocenters. The summed E-state index contributed by atoms with van der Waals surface area (Å²) >= 11 is 0. The summed E-state index contributed by atoms with van der Waals surface area (Å²) in [6.07, 6.45) is 1.19. The Morgan fingerprint density at radius 2 is 1.83 bits per heavy atom. The zero-order chi connectivity index (χ0) is 18.1. The van der Waals surface area contributed by atoms with E-state index in [-0.39, 0.29) is 18.4 Å². The Morgan fingerprint density at radius 3 is 2.38 bits per heavy atom. The van der Waals surface area contributed by atoms with Crippen molar-refractivity contribution in [3.63, 3.8) is 0 Å². The number of carboxylic acid groups (broad SMARTS) is 1. The van der Waals surface area contributed by atoms with Gasteiger partial charge in [-0.3, -0.25) is 9.59 Å². The van der Waals surface area contributed by atoms with Gasteiger partial charge in [0.2, 0.25) is 11.8 Å². The van der Waals surface area contributed by atoms with E-state index in [0.717, 1.165) is 6.42 Å². The molecule has 0 fully saturated rings. The van der Waals surface area contributed by atoms with Crippen LogP contribution in [0, 0.1) is 5.92 Å². The first-order chi connectivity index (χ1) is 11.3. The van der Waals surface area contributed by atoms with E-state index in [2.05, 4.69) is 5.32 Å². The van der Waals surface area contributed by atoms with E-state index in [1.807, 2.05) is 13.8 Å². The molecule has 2 N–H and O–H groups in total. The van der Waals surface area contributed by atoms with Crippen LogP contribution in [0.4, 0.5) is 5.69 Å². The number of amides is 2. The molecule has 0 aliphatic rings. The van der Waals surface area contributed by atoms with Crippen LogP contribution >= 0.6 is 0 Å². The fourth-order valence-corrected chi connectivity index (χ4v) is 1.86. The van der Waals surface area contributed by atoms with Gasteiger partial charge in [0.15, 0.2) is 6.61 Å². The van der Waals surface area contributed by atoms with Crippen molar-refractivity contribution in [2.24, 2.45) is 5.92 Å². The minimum Gasteiger partial charge on any atom is -0.482 e. The highest BCUT2D eigenvalue weighted by atomic mass is 16.5. The van der Waals surface area contributed by atoms with E-state index in [0.29, 0.717) is 23.8 Å². The molecule has 0 saturated carbocycles. The highest BCUT2D eigenvalue weighted by Gasteiger charge is 2.13. The van der Waals surface area contributed by atoms with Crippen LogP contribution in [-0.4, -0.2) is 43.1 Å². The summed E-state index contributed by atoms with van der Waals surface area (Å²) in [4.78, 5) is 35.6. The normalized spacial score (nSPS) is 10.3. The molecule has 0 aliphatic heterocycles. The summed E-state index contributed by atoms with van der Waals surface area (Å²) in [5.74, 6) is -0.588. The van der Waals surface area contributed by atoms with Crippen LogP contribution < -0.4 is 15.0 Å². The Kier molecular flexibility index (Phi) is 7.74. The second kappa shape index (κ2) is 9.54. The summed E-state index contributed by atoms with van der Waals surface area (Å²) in [5.41, 5.74) is 0.624. The molecule has 0 aromatic heterocycles. The number of carbonyl (C=O) groups excluding carboxylic acids is 2. The number of ether oxygens (including phenoxy) is 1. The van der Waals surface area contributed by atoms with Gasteiger partial charge in [0.1, 0.15) is 5.75 Å². The van der Waals surface area contributed by atoms with Gasteiger partial charge in [0.05, 0.1) is 6.54 Å². The van der Waals surface area contributed by atoms with Crippen molar-refractivity contribution in [1.29, 1.82) is 0 Å². The lowest BCUT2D eigenvalue weighted by atomic mass is 10.1. The largest absolute Gasteiger partial charge is 0.482 e. The summed E-state index contributed by atoms with van der Waals surface area (Å²) < 4.78 is 5.03. The van der Waals surface area contributed by atoms with Gasteiger partial charge in [0, 0.05) is 19.2 Å². The highest BCUT2D eigenvalue weighted by molar-refractivity contribution is 5.96. The van der Waals surface area contributed by atoms with E-state index in [1.165, 1.54) is 4.90 Å². The predicted octanol–water partition coefficient (Wildman–Crippen LogP) is 1.67. The molecule has 132 valence electrons. The van der Waals surface area contributed by atoms with E-state index >= 15 is 0 Å². The molecule has 1 aromatic carbocycles. The van der Waals surface area contributed by atoms with Crippen molar-refractivity contribution < 1.29 is 24.2 Å². The third-order valence-electron chi connectivity index (χ3n) is 3.35. The molecule has 0 radical (unpaired) electrons. The highest BCUT2D eigenvalue weighted by Crippen LogP contribution is 2.18. The van der Waals surface area contributed by atoms with Crippen molar-refractivity contribution in [3.05, 3.63) is 24.3 Å². The lowest BCUT2D eigenvalue weighted by Gasteiger charge is -2.18. The third kappa shape index (κ3) is 7.13. The van der Waals surface area contributed by atoms with Crippen LogP contribution in [-0.2, 0) is 14.4 Å². The number of nitrogens with zero attached hydrogens (tertiary/aromatic N) is 1. The molecule has 0 atom stereocenters. The molecule has 0 bridgehead atoms. The number of aliphatic carboxylic acids is 1. The van der Waals surface area contributed by atoms with Crippen LogP contribution in [0.15, 0.2) is 24.3 Å². The molecule has 7 heteroatoms. The molecule has 1 rings (SSSR count). The second-order valence-corrected chi connectivity index (χ2v) is 5.84. The minimum absolute atomic E-state index is 0.0648. The molecule has 24 heavy (non-hydrogen) atoms. The zero-order valence-corrected chi connectivity index (χ0v) is 14.2. The molecule has 1 aromatic rings. The Bertz CT molecular complexity index is 569. The van der Waals surface area contributed by atoms with E-state index in [9.17, 15) is 14.4 Å². The quantitative estimate of drug-likeness (QED) is 0.715. The van der Waals surface area contributed by atoms with Gasteiger partial charge in [-0.1, -0.05) is 13.8 Å². The molecule has 7 nitrogen and oxygen atoms in total. The molecule has 0 aliphatic carbocycles. The topological polar surface area (TPSA) is 95.9 Å². The van der Waals surface area contributed by atoms with E-state index < -0.39 is 12.6 Å². The zero-order valence-electron chi connectivity index (χ0n) is 14.2. The summed E-state index contributed by atoms with van der Waals surface area (Å²) in [7, 11) is 1.61. The predicted molar refractivity (Wildman–Crippen MR) is 90.1 cm³/mol. The van der Waals surface area contributed by atoms with Crippen LogP contribution in [0.5, 0.6) is 5.75 Å². The standard InChI is InChI=1S/C17H24N2O5/c1-12(2)4-9-15(20)18-10-16(21)19(3)13-5-7-14(8-6-13)24-11-17(22)23/h5-8,12H,4,9-11H2,1-3H3,(H,18,20)(H,22,23). The molecule has 0 heterocycles. The van der Waals surface area contributed by atoms with E-state index in [1.54, 1.807) is 31.3 Å². The van der Waals surface area contributed by atoms with Crippen LogP contribution in [0.25, 0.3) is 0 Å². The fourth-order valence-electron chi connectivity index (χ4n) is 1.86. The summed E-state index contributed by atoms with van der Waals surface area (Å²) in [6.45, 7) is 3.59. The maximum atomic E-state index is 12.1. The van der Waals surface area contributed by atoms with Gasteiger partial charge in [-0.15, -0.1) is 0 Å². The monoisotopic (exact) mass is 336 g/mol. The number of hydrogen-bond donors (Lipinski definition) is 2.